The van der Waals surface area contributed by atoms with Crippen molar-refractivity contribution < 1.29 is 13.2 Å². The van der Waals surface area contributed by atoms with E-state index in [0.29, 0.717) is 5.92 Å². The zero-order valence-corrected chi connectivity index (χ0v) is 66.4. The van der Waals surface area contributed by atoms with Gasteiger partial charge in [0.05, 0.1) is 0 Å². The van der Waals surface area contributed by atoms with Crippen LogP contribution >= 0.6 is 11.6 Å². The number of halogens is 4. The van der Waals surface area contributed by atoms with Crippen molar-refractivity contribution in [2.24, 2.45) is 53.3 Å². The minimum absolute atomic E-state index is 0.110. The van der Waals surface area contributed by atoms with Gasteiger partial charge in [-0.15, -0.1) is 0 Å². The molecule has 7 aliphatic carbocycles. The maximum atomic E-state index is 13.0. The van der Waals surface area contributed by atoms with E-state index < -0.39 is 0 Å². The Hall–Kier alpha value is -5.38. The van der Waals surface area contributed by atoms with Crippen molar-refractivity contribution in [2.45, 2.75) is 315 Å². The molecule has 4 heteroatoms. The molecular weight excluding hydrogens is 1290 g/mol. The van der Waals surface area contributed by atoms with E-state index in [0.717, 1.165) is 93.1 Å². The Kier molecular flexibility index (Phi) is 34.0. The number of benzene rings is 7. The molecule has 7 fully saturated rings. The van der Waals surface area contributed by atoms with E-state index in [1.54, 1.807) is 17.7 Å². The van der Waals surface area contributed by atoms with E-state index in [2.05, 4.69) is 126 Å². The lowest BCUT2D eigenvalue weighted by atomic mass is 9.68. The first-order valence-corrected chi connectivity index (χ1v) is 43.5. The fourth-order valence-corrected chi connectivity index (χ4v) is 20.5. The van der Waals surface area contributed by atoms with Crippen LogP contribution in [0.3, 0.4) is 0 Å². The van der Waals surface area contributed by atoms with E-state index >= 15 is 0 Å². The second-order valence-electron chi connectivity index (χ2n) is 34.1. The van der Waals surface area contributed by atoms with Crippen LogP contribution in [0.4, 0.5) is 13.2 Å². The molecule has 0 saturated heterocycles. The largest absolute Gasteiger partial charge is 0.207 e. The maximum absolute atomic E-state index is 13.0. The van der Waals surface area contributed by atoms with Gasteiger partial charge in [0.2, 0.25) is 0 Å². The highest BCUT2D eigenvalue weighted by atomic mass is 35.5. The summed E-state index contributed by atoms with van der Waals surface area (Å²) in [5.41, 5.74) is 13.3. The SMILES string of the molecule is CCC1CCC(C2CCC(c3ccc(C)cc3)CC2)CC1.CCC1CCC(c2ccc(-c3ccc(F)cc3)cc2)CC1.CCCC1CCC(C2CCC(c3ccc(F)cc3)CC2)CC1.CCCC1CCC(c2ccc(Cl)cc2)CC1.CCCCCC1CCC(c2ccc(-c3ccc(F)cc3)cc2)CC1. The molecule has 104 heavy (non-hydrogen) atoms. The Morgan fingerprint density at radius 3 is 0.788 bits per heavy atom. The summed E-state index contributed by atoms with van der Waals surface area (Å²) in [6.07, 6.45) is 53.6. The molecule has 0 N–H and O–H groups in total. The highest BCUT2D eigenvalue weighted by Crippen LogP contribution is 2.48. The van der Waals surface area contributed by atoms with E-state index in [1.807, 2.05) is 48.5 Å². The van der Waals surface area contributed by atoms with E-state index in [4.69, 9.17) is 11.6 Å². The molecule has 14 rings (SSSR count). The lowest BCUT2D eigenvalue weighted by molar-refractivity contribution is 0.156. The van der Waals surface area contributed by atoms with Crippen molar-refractivity contribution in [2.75, 3.05) is 0 Å². The van der Waals surface area contributed by atoms with Crippen LogP contribution in [0.15, 0.2) is 170 Å². The fraction of sp³-hybridized carbons (Fsp3) is 0.580. The summed E-state index contributed by atoms with van der Waals surface area (Å²) in [7, 11) is 0. The number of unbranched alkanes of at least 4 members (excludes halogenated alkanes) is 2. The van der Waals surface area contributed by atoms with Gasteiger partial charge in [0.15, 0.2) is 0 Å². The van der Waals surface area contributed by atoms with Crippen LogP contribution in [0, 0.1) is 77.6 Å². The van der Waals surface area contributed by atoms with E-state index in [9.17, 15) is 13.2 Å². The predicted octanol–water partition coefficient (Wildman–Crippen LogP) is 32.1. The third kappa shape index (κ3) is 25.6. The quantitative estimate of drug-likeness (QED) is 0.0708. The first kappa shape index (κ1) is 81.1. The van der Waals surface area contributed by atoms with Crippen LogP contribution in [-0.2, 0) is 0 Å². The molecule has 0 heterocycles. The smallest absolute Gasteiger partial charge is 0.123 e. The summed E-state index contributed by atoms with van der Waals surface area (Å²) >= 11 is 5.92. The van der Waals surface area contributed by atoms with Crippen molar-refractivity contribution in [1.29, 1.82) is 0 Å². The lowest BCUT2D eigenvalue weighted by Crippen LogP contribution is -2.25. The Bertz CT molecular complexity index is 3390. The van der Waals surface area contributed by atoms with Crippen molar-refractivity contribution in [3.63, 3.8) is 0 Å². The molecule has 0 radical (unpaired) electrons. The summed E-state index contributed by atoms with van der Waals surface area (Å²) < 4.78 is 39.1. The first-order valence-electron chi connectivity index (χ1n) is 43.1. The number of hydrogen-bond acceptors (Lipinski definition) is 0. The fourth-order valence-electron chi connectivity index (χ4n) is 20.3. The number of hydrogen-bond donors (Lipinski definition) is 0. The van der Waals surface area contributed by atoms with E-state index in [-0.39, 0.29) is 17.5 Å². The van der Waals surface area contributed by atoms with E-state index in [1.165, 1.54) is 307 Å². The highest BCUT2D eigenvalue weighted by molar-refractivity contribution is 6.30. The summed E-state index contributed by atoms with van der Waals surface area (Å²) in [6.45, 7) is 13.8. The van der Waals surface area contributed by atoms with Crippen molar-refractivity contribution in [3.05, 3.63) is 226 Å². The van der Waals surface area contributed by atoms with Crippen LogP contribution in [0.25, 0.3) is 22.3 Å². The average molecular weight is 1430 g/mol. The van der Waals surface area contributed by atoms with Gasteiger partial charge in [-0.1, -0.05) is 263 Å². The van der Waals surface area contributed by atoms with Gasteiger partial charge < -0.3 is 0 Å². The van der Waals surface area contributed by atoms with Crippen LogP contribution in [0.5, 0.6) is 0 Å². The number of aryl methyl sites for hydroxylation is 1. The average Bonchev–Trinajstić information content (AvgIpc) is 0.861. The molecule has 0 atom stereocenters. The van der Waals surface area contributed by atoms with Gasteiger partial charge in [-0.25, -0.2) is 13.2 Å². The minimum Gasteiger partial charge on any atom is -0.207 e. The van der Waals surface area contributed by atoms with Gasteiger partial charge in [0.25, 0.3) is 0 Å². The third-order valence-corrected chi connectivity index (χ3v) is 27.6. The molecule has 0 amide bonds. The van der Waals surface area contributed by atoms with Gasteiger partial charge in [-0.2, -0.15) is 0 Å². The van der Waals surface area contributed by atoms with Crippen molar-refractivity contribution in [3.8, 4) is 22.3 Å². The zero-order chi connectivity index (χ0) is 72.8. The van der Waals surface area contributed by atoms with Gasteiger partial charge >= 0.3 is 0 Å². The van der Waals surface area contributed by atoms with Crippen LogP contribution in [-0.4, -0.2) is 0 Å². The molecule has 0 unspecified atom stereocenters. The molecular formula is C100H136ClF3. The maximum Gasteiger partial charge on any atom is 0.123 e. The molecule has 0 nitrogen and oxygen atoms in total. The normalized spacial score (nSPS) is 27.0. The van der Waals surface area contributed by atoms with Crippen LogP contribution in [0.1, 0.15) is 342 Å². The molecule has 7 aliphatic rings. The molecule has 0 spiro atoms. The second kappa shape index (κ2) is 43.6. The second-order valence-corrected chi connectivity index (χ2v) is 34.5. The standard InChI is InChI=1S/C23H29F.C21H31F.C21H32.C20H23F.C15H21Cl/c1-2-3-4-5-18-6-8-19(9-7-18)20-10-12-21(13-11-20)22-14-16-23(24)17-15-22;1-2-3-16-4-6-17(7-5-16)18-8-10-19(11-9-18)20-12-14-21(22)15-13-20;1-3-17-6-10-19(11-7-17)21-14-12-20(13-15-21)18-8-4-16(2)5-9-18;1-2-15-3-5-16(6-4-15)17-7-9-18(10-8-17)19-11-13-20(21)14-12-19;1-2-3-12-4-6-13(7-5-12)14-8-10-15(16)11-9-14/h10-19H,2-9H2,1H3;12-19H,2-11H2,1H3;4-5,8-9,17,19-21H,3,6-7,10-15H2,1-2H3;7-16H,2-6H2,1H3;8-13H,2-7H2,1H3. The molecule has 7 saturated carbocycles. The van der Waals surface area contributed by atoms with Crippen LogP contribution in [0.2, 0.25) is 5.02 Å². The summed E-state index contributed by atoms with van der Waals surface area (Å²) in [6, 6.07) is 56.3. The van der Waals surface area contributed by atoms with Gasteiger partial charge in [0, 0.05) is 5.02 Å². The first-order chi connectivity index (χ1) is 50.8. The Morgan fingerprint density at radius 2 is 0.481 bits per heavy atom. The van der Waals surface area contributed by atoms with Gasteiger partial charge in [-0.3, -0.25) is 0 Å². The zero-order valence-electron chi connectivity index (χ0n) is 65.6. The molecule has 0 bridgehead atoms. The van der Waals surface area contributed by atoms with Crippen molar-refractivity contribution in [1.82, 2.24) is 0 Å². The monoisotopic (exact) mass is 1430 g/mol. The minimum atomic E-state index is -0.178. The van der Waals surface area contributed by atoms with Gasteiger partial charge in [0.1, 0.15) is 17.5 Å². The summed E-state index contributed by atoms with van der Waals surface area (Å²) in [4.78, 5) is 0. The van der Waals surface area contributed by atoms with Crippen molar-refractivity contribution >= 4 is 11.6 Å². The molecule has 564 valence electrons. The highest BCUT2D eigenvalue weighted by Gasteiger charge is 2.33. The van der Waals surface area contributed by atoms with Crippen LogP contribution < -0.4 is 0 Å². The third-order valence-electron chi connectivity index (χ3n) is 27.3. The number of rotatable bonds is 19. The van der Waals surface area contributed by atoms with Gasteiger partial charge in [-0.05, 0) is 342 Å². The lowest BCUT2D eigenvalue weighted by Gasteiger charge is -2.38. The Labute approximate surface area is 637 Å². The predicted molar refractivity (Wildman–Crippen MR) is 442 cm³/mol. The molecule has 0 aromatic heterocycles. The molecule has 7 aromatic carbocycles. The molecule has 0 aliphatic heterocycles. The topological polar surface area (TPSA) is 0 Å². The summed E-state index contributed by atoms with van der Waals surface area (Å²) in [5.74, 6) is 12.4. The summed E-state index contributed by atoms with van der Waals surface area (Å²) in [5, 5.41) is 0.850. The Balaban J connectivity index is 0.000000140. The Morgan fingerprint density at radius 1 is 0.250 bits per heavy atom. The molecule has 7 aromatic rings.